The fourth-order valence-electron chi connectivity index (χ4n) is 3.33. The van der Waals surface area contributed by atoms with Crippen LogP contribution >= 0.6 is 0 Å². The molecule has 0 aromatic heterocycles. The van der Waals surface area contributed by atoms with Crippen molar-refractivity contribution < 1.29 is 9.59 Å². The molecular weight excluding hydrogens is 412 g/mol. The number of aryl methyl sites for hydroxylation is 2. The molecular formula is C27H24N4O2. The van der Waals surface area contributed by atoms with Crippen LogP contribution in [0.4, 0.5) is 11.4 Å². The molecule has 2 amide bonds. The van der Waals surface area contributed by atoms with Gasteiger partial charge in [0.25, 0.3) is 0 Å². The Morgan fingerprint density at radius 2 is 1.36 bits per heavy atom. The molecule has 1 N–H and O–H groups in total. The standard InChI is InChI=1S/C27H24N4O2/c1-31(27(33)16-14-21-7-11-23(19-29)12-8-21)25-4-2-3-24(17-25)30-26(32)15-13-20-5-9-22(18-28)10-6-20/h2-12,17H,13-16H2,1H3,(H,30,32). The highest BCUT2D eigenvalue weighted by atomic mass is 16.2. The van der Waals surface area contributed by atoms with Crippen LogP contribution in [-0.2, 0) is 22.4 Å². The predicted octanol–water partition coefficient (Wildman–Crippen LogP) is 4.60. The SMILES string of the molecule is CN(C(=O)CCc1ccc(C#N)cc1)c1cccc(NC(=O)CCc2ccc(C#N)cc2)c1. The van der Waals surface area contributed by atoms with Crippen LogP contribution in [-0.4, -0.2) is 18.9 Å². The Hall–Kier alpha value is -4.42. The fourth-order valence-corrected chi connectivity index (χ4v) is 3.33. The fraction of sp³-hybridized carbons (Fsp3) is 0.185. The molecule has 6 heteroatoms. The van der Waals surface area contributed by atoms with Crippen molar-refractivity contribution in [2.45, 2.75) is 25.7 Å². The van der Waals surface area contributed by atoms with Crippen LogP contribution in [0.15, 0.2) is 72.8 Å². The quantitative estimate of drug-likeness (QED) is 0.558. The highest BCUT2D eigenvalue weighted by Crippen LogP contribution is 2.20. The van der Waals surface area contributed by atoms with E-state index in [0.717, 1.165) is 11.1 Å². The van der Waals surface area contributed by atoms with E-state index < -0.39 is 0 Å². The molecule has 6 nitrogen and oxygen atoms in total. The molecule has 164 valence electrons. The van der Waals surface area contributed by atoms with E-state index in [9.17, 15) is 9.59 Å². The zero-order chi connectivity index (χ0) is 23.6. The molecule has 0 atom stereocenters. The van der Waals surface area contributed by atoms with Gasteiger partial charge in [0, 0.05) is 31.3 Å². The van der Waals surface area contributed by atoms with Crippen molar-refractivity contribution in [1.29, 1.82) is 10.5 Å². The van der Waals surface area contributed by atoms with E-state index in [-0.39, 0.29) is 11.8 Å². The maximum atomic E-state index is 12.6. The molecule has 33 heavy (non-hydrogen) atoms. The molecule has 3 aromatic carbocycles. The second-order valence-electron chi connectivity index (χ2n) is 7.67. The van der Waals surface area contributed by atoms with Crippen molar-refractivity contribution >= 4 is 23.2 Å². The average molecular weight is 437 g/mol. The minimum Gasteiger partial charge on any atom is -0.326 e. The van der Waals surface area contributed by atoms with E-state index in [1.807, 2.05) is 30.3 Å². The Labute approximate surface area is 193 Å². The molecule has 0 saturated carbocycles. The predicted molar refractivity (Wildman–Crippen MR) is 127 cm³/mol. The van der Waals surface area contributed by atoms with Crippen LogP contribution in [0, 0.1) is 22.7 Å². The lowest BCUT2D eigenvalue weighted by atomic mass is 10.1. The number of hydrogen-bond donors (Lipinski definition) is 1. The number of carbonyl (C=O) groups is 2. The summed E-state index contributed by atoms with van der Waals surface area (Å²) >= 11 is 0. The van der Waals surface area contributed by atoms with E-state index >= 15 is 0 Å². The number of carbonyl (C=O) groups excluding carboxylic acids is 2. The van der Waals surface area contributed by atoms with Crippen LogP contribution < -0.4 is 10.2 Å². The summed E-state index contributed by atoms with van der Waals surface area (Å²) in [6.45, 7) is 0. The van der Waals surface area contributed by atoms with Gasteiger partial charge in [-0.15, -0.1) is 0 Å². The van der Waals surface area contributed by atoms with E-state index in [2.05, 4.69) is 17.5 Å². The van der Waals surface area contributed by atoms with Gasteiger partial charge in [-0.1, -0.05) is 30.3 Å². The molecule has 0 fully saturated rings. The number of nitrogens with one attached hydrogen (secondary N) is 1. The highest BCUT2D eigenvalue weighted by Gasteiger charge is 2.12. The molecule has 0 aliphatic heterocycles. The largest absolute Gasteiger partial charge is 0.326 e. The van der Waals surface area contributed by atoms with E-state index in [0.29, 0.717) is 48.2 Å². The summed E-state index contributed by atoms with van der Waals surface area (Å²) in [6, 6.07) is 25.8. The first-order chi connectivity index (χ1) is 16.0. The Morgan fingerprint density at radius 1 is 0.818 bits per heavy atom. The lowest BCUT2D eigenvalue weighted by molar-refractivity contribution is -0.118. The van der Waals surface area contributed by atoms with Gasteiger partial charge < -0.3 is 10.2 Å². The maximum Gasteiger partial charge on any atom is 0.227 e. The minimum absolute atomic E-state index is 0.0383. The van der Waals surface area contributed by atoms with E-state index in [4.69, 9.17) is 10.5 Å². The average Bonchev–Trinajstić information content (AvgIpc) is 2.86. The number of nitriles is 2. The molecule has 0 spiro atoms. The molecule has 0 radical (unpaired) electrons. The third kappa shape index (κ3) is 6.78. The van der Waals surface area contributed by atoms with Gasteiger partial charge in [-0.2, -0.15) is 10.5 Å². The van der Waals surface area contributed by atoms with Crippen LogP contribution in [0.25, 0.3) is 0 Å². The smallest absolute Gasteiger partial charge is 0.227 e. The molecule has 0 saturated heterocycles. The van der Waals surface area contributed by atoms with Crippen LogP contribution in [0.1, 0.15) is 35.1 Å². The third-order valence-corrected chi connectivity index (χ3v) is 5.33. The first-order valence-electron chi connectivity index (χ1n) is 10.6. The Morgan fingerprint density at radius 3 is 1.91 bits per heavy atom. The lowest BCUT2D eigenvalue weighted by Crippen LogP contribution is -2.26. The molecule has 0 aliphatic rings. The Kier molecular flexibility index (Phi) is 7.94. The van der Waals surface area contributed by atoms with Gasteiger partial charge in [0.05, 0.1) is 23.3 Å². The second kappa shape index (κ2) is 11.3. The van der Waals surface area contributed by atoms with Gasteiger partial charge in [0.15, 0.2) is 0 Å². The summed E-state index contributed by atoms with van der Waals surface area (Å²) in [7, 11) is 1.72. The van der Waals surface area contributed by atoms with Gasteiger partial charge in [0.1, 0.15) is 0 Å². The monoisotopic (exact) mass is 436 g/mol. The van der Waals surface area contributed by atoms with Gasteiger partial charge in [-0.05, 0) is 66.4 Å². The normalized spacial score (nSPS) is 10.0. The van der Waals surface area contributed by atoms with Crippen LogP contribution in [0.3, 0.4) is 0 Å². The van der Waals surface area contributed by atoms with Crippen molar-refractivity contribution in [2.24, 2.45) is 0 Å². The minimum atomic E-state index is -0.119. The number of anilines is 2. The summed E-state index contributed by atoms with van der Waals surface area (Å²) in [4.78, 5) is 26.6. The maximum absolute atomic E-state index is 12.6. The number of benzene rings is 3. The summed E-state index contributed by atoms with van der Waals surface area (Å²) in [5.41, 5.74) is 4.51. The van der Waals surface area contributed by atoms with Crippen molar-refractivity contribution in [2.75, 3.05) is 17.3 Å². The first kappa shape index (κ1) is 23.2. The summed E-state index contributed by atoms with van der Waals surface area (Å²) in [5.74, 6) is -0.157. The number of amides is 2. The highest BCUT2D eigenvalue weighted by molar-refractivity contribution is 5.95. The Bertz CT molecular complexity index is 1200. The summed E-state index contributed by atoms with van der Waals surface area (Å²) in [6.07, 6.45) is 1.81. The van der Waals surface area contributed by atoms with Crippen molar-refractivity contribution in [3.8, 4) is 12.1 Å². The number of hydrogen-bond acceptors (Lipinski definition) is 4. The van der Waals surface area contributed by atoms with Crippen LogP contribution in [0.5, 0.6) is 0 Å². The van der Waals surface area contributed by atoms with E-state index in [1.165, 1.54) is 0 Å². The Balaban J connectivity index is 1.52. The van der Waals surface area contributed by atoms with Gasteiger partial charge >= 0.3 is 0 Å². The lowest BCUT2D eigenvalue weighted by Gasteiger charge is -2.18. The topological polar surface area (TPSA) is 97.0 Å². The van der Waals surface area contributed by atoms with Crippen molar-refractivity contribution in [3.63, 3.8) is 0 Å². The van der Waals surface area contributed by atoms with Crippen molar-refractivity contribution in [3.05, 3.63) is 95.1 Å². The summed E-state index contributed by atoms with van der Waals surface area (Å²) in [5, 5.41) is 20.6. The van der Waals surface area contributed by atoms with Crippen molar-refractivity contribution in [1.82, 2.24) is 0 Å². The molecule has 0 bridgehead atoms. The molecule has 0 aliphatic carbocycles. The van der Waals surface area contributed by atoms with Gasteiger partial charge in [-0.25, -0.2) is 0 Å². The third-order valence-electron chi connectivity index (χ3n) is 5.33. The van der Waals surface area contributed by atoms with Crippen LogP contribution in [0.2, 0.25) is 0 Å². The zero-order valence-corrected chi connectivity index (χ0v) is 18.4. The first-order valence-corrected chi connectivity index (χ1v) is 10.6. The molecule has 3 rings (SSSR count). The number of rotatable bonds is 8. The molecule has 3 aromatic rings. The van der Waals surface area contributed by atoms with Gasteiger partial charge in [-0.3, -0.25) is 9.59 Å². The molecule has 0 unspecified atom stereocenters. The second-order valence-corrected chi connectivity index (χ2v) is 7.67. The van der Waals surface area contributed by atoms with E-state index in [1.54, 1.807) is 54.4 Å². The van der Waals surface area contributed by atoms with Gasteiger partial charge in [0.2, 0.25) is 11.8 Å². The zero-order valence-electron chi connectivity index (χ0n) is 18.4. The number of nitrogens with zero attached hydrogens (tertiary/aromatic N) is 3. The molecule has 0 heterocycles. The summed E-state index contributed by atoms with van der Waals surface area (Å²) < 4.78 is 0.